The Bertz CT molecular complexity index is 1500. The van der Waals surface area contributed by atoms with Crippen LogP contribution in [0.4, 0.5) is 5.69 Å². The van der Waals surface area contributed by atoms with E-state index in [-0.39, 0.29) is 37.2 Å². The third-order valence-corrected chi connectivity index (χ3v) is 8.72. The minimum absolute atomic E-state index is 0.142. The van der Waals surface area contributed by atoms with Crippen molar-refractivity contribution in [1.82, 2.24) is 0 Å². The van der Waals surface area contributed by atoms with Gasteiger partial charge in [0.25, 0.3) is 0 Å². The van der Waals surface area contributed by atoms with E-state index < -0.39 is 23.9 Å². The number of rotatable bonds is 10. The molecule has 218 valence electrons. The number of nitrogens with zero attached hydrogens (tertiary/aromatic N) is 1. The summed E-state index contributed by atoms with van der Waals surface area (Å²) in [6, 6.07) is 23.8. The molecule has 0 radical (unpaired) electrons. The van der Waals surface area contributed by atoms with Crippen LogP contribution in [0.1, 0.15) is 30.4 Å². The second-order valence-corrected chi connectivity index (χ2v) is 11.7. The SMILES string of the molecule is COCC1=C([C@H](O)CC/C(=C/c2cc(Br)ccc2O)c2ccccc2)[C@H](CO)[C@@H]2C(=O)N(c3ccccc3)C(=O)[C@@H]2C1. The molecule has 4 atom stereocenters. The van der Waals surface area contributed by atoms with E-state index in [0.717, 1.165) is 21.2 Å². The lowest BCUT2D eigenvalue weighted by molar-refractivity contribution is -0.123. The number of aliphatic hydroxyl groups excluding tert-OH is 2. The summed E-state index contributed by atoms with van der Waals surface area (Å²) in [5, 5.41) is 32.8. The van der Waals surface area contributed by atoms with Gasteiger partial charge < -0.3 is 20.1 Å². The number of allylic oxidation sites excluding steroid dienone is 1. The lowest BCUT2D eigenvalue weighted by Crippen LogP contribution is -2.39. The predicted octanol–water partition coefficient (Wildman–Crippen LogP) is 5.60. The maximum absolute atomic E-state index is 13.7. The van der Waals surface area contributed by atoms with E-state index in [9.17, 15) is 24.9 Å². The molecule has 0 saturated carbocycles. The van der Waals surface area contributed by atoms with Crippen molar-refractivity contribution in [2.24, 2.45) is 17.8 Å². The Hall–Kier alpha value is -3.56. The van der Waals surface area contributed by atoms with Crippen LogP contribution in [0.15, 0.2) is 94.5 Å². The van der Waals surface area contributed by atoms with Crippen LogP contribution in [0.5, 0.6) is 5.75 Å². The molecule has 0 spiro atoms. The number of aromatic hydroxyl groups is 1. The van der Waals surface area contributed by atoms with Gasteiger partial charge in [-0.3, -0.25) is 14.5 Å². The molecular formula is C34H34BrNO6. The van der Waals surface area contributed by atoms with Gasteiger partial charge in [-0.15, -0.1) is 0 Å². The summed E-state index contributed by atoms with van der Waals surface area (Å²) in [4.78, 5) is 28.4. The van der Waals surface area contributed by atoms with Gasteiger partial charge in [0.15, 0.2) is 0 Å². The first-order chi connectivity index (χ1) is 20.3. The van der Waals surface area contributed by atoms with Gasteiger partial charge in [0.2, 0.25) is 11.8 Å². The van der Waals surface area contributed by atoms with Crippen molar-refractivity contribution in [3.8, 4) is 5.75 Å². The quantitative estimate of drug-likeness (QED) is 0.153. The number of fused-ring (bicyclic) bond motifs is 1. The molecular weight excluding hydrogens is 598 g/mol. The molecule has 2 aliphatic rings. The third-order valence-electron chi connectivity index (χ3n) is 8.22. The molecule has 1 heterocycles. The zero-order valence-corrected chi connectivity index (χ0v) is 24.9. The van der Waals surface area contributed by atoms with E-state index in [0.29, 0.717) is 29.7 Å². The Morgan fingerprint density at radius 2 is 1.74 bits per heavy atom. The highest BCUT2D eigenvalue weighted by atomic mass is 79.9. The second-order valence-electron chi connectivity index (χ2n) is 10.8. The molecule has 0 aromatic heterocycles. The molecule has 3 aromatic carbocycles. The van der Waals surface area contributed by atoms with Gasteiger partial charge in [0.1, 0.15) is 5.75 Å². The van der Waals surface area contributed by atoms with Crippen molar-refractivity contribution in [1.29, 1.82) is 0 Å². The molecule has 2 amide bonds. The summed E-state index contributed by atoms with van der Waals surface area (Å²) in [5.74, 6) is -2.62. The number of halogens is 1. The maximum atomic E-state index is 13.7. The van der Waals surface area contributed by atoms with Crippen LogP contribution in [-0.2, 0) is 14.3 Å². The lowest BCUT2D eigenvalue weighted by Gasteiger charge is -2.36. The topological polar surface area (TPSA) is 107 Å². The van der Waals surface area contributed by atoms with E-state index >= 15 is 0 Å². The lowest BCUT2D eigenvalue weighted by atomic mass is 9.68. The maximum Gasteiger partial charge on any atom is 0.238 e. The van der Waals surface area contributed by atoms with Crippen LogP contribution in [0.3, 0.4) is 0 Å². The number of carbonyl (C=O) groups excluding carboxylic acids is 2. The molecule has 1 fully saturated rings. The van der Waals surface area contributed by atoms with Gasteiger partial charge in [-0.1, -0.05) is 64.5 Å². The number of amides is 2. The molecule has 3 N–H and O–H groups in total. The molecule has 1 aliphatic carbocycles. The number of methoxy groups -OCH3 is 1. The molecule has 1 aliphatic heterocycles. The first-order valence-electron chi connectivity index (χ1n) is 14.0. The molecule has 1 saturated heterocycles. The number of anilines is 1. The third kappa shape index (κ3) is 5.99. The van der Waals surface area contributed by atoms with Gasteiger partial charge in [-0.25, -0.2) is 0 Å². The number of carbonyl (C=O) groups is 2. The number of phenols is 1. The number of hydrogen-bond acceptors (Lipinski definition) is 6. The summed E-state index contributed by atoms with van der Waals surface area (Å²) in [7, 11) is 1.55. The molecule has 3 aromatic rings. The van der Waals surface area contributed by atoms with Crippen LogP contribution in [0.25, 0.3) is 11.6 Å². The first kappa shape index (κ1) is 29.9. The Labute approximate surface area is 253 Å². The van der Waals surface area contributed by atoms with Crippen LogP contribution in [-0.4, -0.2) is 53.6 Å². The summed E-state index contributed by atoms with van der Waals surface area (Å²) in [5.41, 5.74) is 4.33. The molecule has 0 unspecified atom stereocenters. The normalized spacial score (nSPS) is 21.6. The van der Waals surface area contributed by atoms with Crippen LogP contribution in [0, 0.1) is 17.8 Å². The Morgan fingerprint density at radius 3 is 2.40 bits per heavy atom. The van der Waals surface area contributed by atoms with Gasteiger partial charge in [-0.2, -0.15) is 0 Å². The number of hydrogen-bond donors (Lipinski definition) is 3. The summed E-state index contributed by atoms with van der Waals surface area (Å²) >= 11 is 3.47. The number of para-hydroxylation sites is 1. The number of benzene rings is 3. The van der Waals surface area contributed by atoms with Gasteiger partial charge in [-0.05, 0) is 78.0 Å². The second kappa shape index (κ2) is 13.2. The smallest absolute Gasteiger partial charge is 0.238 e. The molecule has 8 heteroatoms. The molecule has 0 bridgehead atoms. The van der Waals surface area contributed by atoms with Crippen LogP contribution < -0.4 is 4.90 Å². The monoisotopic (exact) mass is 631 g/mol. The zero-order chi connectivity index (χ0) is 29.8. The predicted molar refractivity (Wildman–Crippen MR) is 165 cm³/mol. The number of ether oxygens (including phenoxy) is 1. The van der Waals surface area contributed by atoms with E-state index in [1.165, 1.54) is 4.90 Å². The van der Waals surface area contributed by atoms with Crippen LogP contribution in [0.2, 0.25) is 0 Å². The van der Waals surface area contributed by atoms with Crippen molar-refractivity contribution in [3.05, 3.63) is 106 Å². The van der Waals surface area contributed by atoms with E-state index in [2.05, 4.69) is 15.9 Å². The Balaban J connectivity index is 1.46. The van der Waals surface area contributed by atoms with Crippen molar-refractivity contribution in [2.75, 3.05) is 25.2 Å². The Kier molecular flexibility index (Phi) is 9.38. The number of imide groups is 1. The molecule has 42 heavy (non-hydrogen) atoms. The summed E-state index contributed by atoms with van der Waals surface area (Å²) < 4.78 is 6.30. The van der Waals surface area contributed by atoms with Crippen molar-refractivity contribution < 1.29 is 29.6 Å². The first-order valence-corrected chi connectivity index (χ1v) is 14.8. The number of phenolic OH excluding ortho intramolecular Hbond substituents is 1. The van der Waals surface area contributed by atoms with Gasteiger partial charge in [0.05, 0.1) is 36.8 Å². The number of aliphatic hydroxyl groups is 2. The Morgan fingerprint density at radius 1 is 1.05 bits per heavy atom. The van der Waals surface area contributed by atoms with Crippen LogP contribution >= 0.6 is 15.9 Å². The fourth-order valence-corrected chi connectivity index (χ4v) is 6.70. The minimum Gasteiger partial charge on any atom is -0.507 e. The van der Waals surface area contributed by atoms with E-state index in [4.69, 9.17) is 4.74 Å². The van der Waals surface area contributed by atoms with Crippen molar-refractivity contribution in [3.63, 3.8) is 0 Å². The summed E-state index contributed by atoms with van der Waals surface area (Å²) in [6.45, 7) is -0.193. The zero-order valence-electron chi connectivity index (χ0n) is 23.3. The average molecular weight is 633 g/mol. The minimum atomic E-state index is -0.981. The van der Waals surface area contributed by atoms with Gasteiger partial charge >= 0.3 is 0 Å². The highest BCUT2D eigenvalue weighted by molar-refractivity contribution is 9.10. The fraction of sp³-hybridized carbons (Fsp3) is 0.294. The van der Waals surface area contributed by atoms with Crippen molar-refractivity contribution >= 4 is 45.1 Å². The molecule has 7 nitrogen and oxygen atoms in total. The fourth-order valence-electron chi connectivity index (χ4n) is 6.33. The average Bonchev–Trinajstić information content (AvgIpc) is 3.25. The summed E-state index contributed by atoms with van der Waals surface area (Å²) in [6.07, 6.45) is 1.96. The van der Waals surface area contributed by atoms with E-state index in [1.54, 1.807) is 43.5 Å². The highest BCUT2D eigenvalue weighted by Crippen LogP contribution is 2.47. The largest absolute Gasteiger partial charge is 0.507 e. The standard InChI is InChI=1S/C34H34BrNO6/c1-42-20-24-18-27-32(34(41)36(33(27)40)26-10-6-3-7-11-26)28(19-37)31(24)30(39)14-12-22(21-8-4-2-5-9-21)16-23-17-25(35)13-15-29(23)38/h2-11,13,15-17,27-28,30,32,37-39H,12,14,18-20H2,1H3/b22-16-/t27-,28+,30-,32-/m1/s1. The molecule has 5 rings (SSSR count). The van der Waals surface area contributed by atoms with Gasteiger partial charge in [0, 0.05) is 23.1 Å². The van der Waals surface area contributed by atoms with Crippen molar-refractivity contribution in [2.45, 2.75) is 25.4 Å². The van der Waals surface area contributed by atoms with E-state index in [1.807, 2.05) is 48.5 Å². The highest BCUT2D eigenvalue weighted by Gasteiger charge is 2.55.